The van der Waals surface area contributed by atoms with E-state index in [9.17, 15) is 4.79 Å². The third-order valence-electron chi connectivity index (χ3n) is 7.06. The van der Waals surface area contributed by atoms with E-state index in [4.69, 9.17) is 35.0 Å². The molecule has 0 radical (unpaired) electrons. The Hall–Kier alpha value is -2.68. The van der Waals surface area contributed by atoms with Crippen LogP contribution in [-0.4, -0.2) is 35.6 Å². The van der Waals surface area contributed by atoms with E-state index in [0.717, 1.165) is 11.1 Å². The van der Waals surface area contributed by atoms with Crippen LogP contribution in [0, 0.1) is 6.92 Å². The van der Waals surface area contributed by atoms with E-state index in [0.29, 0.717) is 30.2 Å². The van der Waals surface area contributed by atoms with Crippen molar-refractivity contribution < 1.29 is 28.2 Å². The van der Waals surface area contributed by atoms with E-state index in [1.807, 2.05) is 56.3 Å². The molecule has 1 aromatic heterocycles. The van der Waals surface area contributed by atoms with Gasteiger partial charge in [0, 0.05) is 17.9 Å². The summed E-state index contributed by atoms with van der Waals surface area (Å²) in [5.41, 5.74) is 1.89. The van der Waals surface area contributed by atoms with Gasteiger partial charge in [0.1, 0.15) is 11.9 Å². The summed E-state index contributed by atoms with van der Waals surface area (Å²) in [7, 11) is 0. The van der Waals surface area contributed by atoms with Gasteiger partial charge in [-0.25, -0.2) is 0 Å². The first-order valence-corrected chi connectivity index (χ1v) is 13.3. The molecule has 1 aliphatic carbocycles. The van der Waals surface area contributed by atoms with Crippen molar-refractivity contribution in [3.63, 3.8) is 0 Å². The Morgan fingerprint density at radius 2 is 1.84 bits per heavy atom. The maximum atomic E-state index is 13.9. The minimum atomic E-state index is -1.21. The van der Waals surface area contributed by atoms with Gasteiger partial charge in [-0.2, -0.15) is 0 Å². The maximum Gasteiger partial charge on any atom is 0.252 e. The lowest BCUT2D eigenvalue weighted by molar-refractivity contribution is -0.183. The largest absolute Gasteiger partial charge is 0.467 e. The van der Waals surface area contributed by atoms with Gasteiger partial charge in [0.15, 0.2) is 11.4 Å². The fraction of sp³-hybridized carbons (Fsp3) is 0.433. The summed E-state index contributed by atoms with van der Waals surface area (Å²) in [5.74, 6) is -0.383. The van der Waals surface area contributed by atoms with Crippen LogP contribution in [0.15, 0.2) is 71.3 Å². The Labute approximate surface area is 228 Å². The fourth-order valence-corrected chi connectivity index (χ4v) is 5.40. The Kier molecular flexibility index (Phi) is 7.93. The van der Waals surface area contributed by atoms with Crippen LogP contribution in [-0.2, 0) is 43.5 Å². The summed E-state index contributed by atoms with van der Waals surface area (Å²) in [6.07, 6.45) is 1.09. The third-order valence-corrected chi connectivity index (χ3v) is 7.29. The van der Waals surface area contributed by atoms with Crippen LogP contribution in [0.4, 0.5) is 0 Å². The Balaban J connectivity index is 1.40. The van der Waals surface area contributed by atoms with Crippen molar-refractivity contribution in [3.05, 3.63) is 94.4 Å². The van der Waals surface area contributed by atoms with Crippen LogP contribution in [0.3, 0.4) is 0 Å². The van der Waals surface area contributed by atoms with Crippen molar-refractivity contribution in [2.24, 2.45) is 0 Å². The second kappa shape index (κ2) is 11.2. The lowest BCUT2D eigenvalue weighted by Crippen LogP contribution is -2.59. The van der Waals surface area contributed by atoms with Crippen molar-refractivity contribution in [2.45, 2.75) is 83.1 Å². The first-order chi connectivity index (χ1) is 18.2. The lowest BCUT2D eigenvalue weighted by Gasteiger charge is -2.43. The molecular formula is C30H34ClNO6. The Morgan fingerprint density at radius 1 is 1.03 bits per heavy atom. The highest BCUT2D eigenvalue weighted by Crippen LogP contribution is 2.44. The van der Waals surface area contributed by atoms with Gasteiger partial charge in [-0.3, -0.25) is 4.79 Å². The molecular weight excluding hydrogens is 506 g/mol. The van der Waals surface area contributed by atoms with Gasteiger partial charge < -0.3 is 28.7 Å². The maximum absolute atomic E-state index is 13.9. The molecule has 8 heteroatoms. The number of ether oxygens (including phenoxy) is 4. The standard InChI is InChI=1S/C30H34ClNO6/c1-20-9-11-21(12-10-20)18-35-25-15-30(16-26-27(25)38-29(2,3)37-26,28(33)32-17-24-8-5-13-34-24)36-19-22-6-4-7-23(31)14-22/h4-14,25-27H,15-19H2,1-3H3,(H,32,33)/t25?,26-,27+,30-/m1/s1. The summed E-state index contributed by atoms with van der Waals surface area (Å²) in [6.45, 7) is 6.66. The molecule has 7 nitrogen and oxygen atoms in total. The molecule has 38 heavy (non-hydrogen) atoms. The number of fused-ring (bicyclic) bond motifs is 1. The lowest BCUT2D eigenvalue weighted by atomic mass is 9.78. The van der Waals surface area contributed by atoms with Crippen LogP contribution >= 0.6 is 11.6 Å². The molecule has 5 rings (SSSR count). The van der Waals surface area contributed by atoms with E-state index in [-0.39, 0.29) is 31.3 Å². The van der Waals surface area contributed by atoms with Gasteiger partial charge in [0.2, 0.25) is 0 Å². The first-order valence-electron chi connectivity index (χ1n) is 12.9. The van der Waals surface area contributed by atoms with Crippen LogP contribution in [0.5, 0.6) is 0 Å². The highest BCUT2D eigenvalue weighted by Gasteiger charge is 2.58. The predicted molar refractivity (Wildman–Crippen MR) is 142 cm³/mol. The number of rotatable bonds is 9. The molecule has 1 saturated carbocycles. The molecule has 2 fully saturated rings. The normalized spacial score (nSPS) is 26.2. The summed E-state index contributed by atoms with van der Waals surface area (Å²) in [4.78, 5) is 13.9. The van der Waals surface area contributed by atoms with Crippen molar-refractivity contribution in [1.29, 1.82) is 0 Å². The summed E-state index contributed by atoms with van der Waals surface area (Å²) in [5, 5.41) is 3.62. The van der Waals surface area contributed by atoms with E-state index in [1.165, 1.54) is 5.56 Å². The number of amides is 1. The van der Waals surface area contributed by atoms with Crippen molar-refractivity contribution >= 4 is 17.5 Å². The SMILES string of the molecule is Cc1ccc(COC2C[C@](OCc3cccc(Cl)c3)(C(=O)NCc3ccco3)C[C@H]3OC(C)(C)O[C@@H]23)cc1. The zero-order chi connectivity index (χ0) is 26.8. The molecule has 1 saturated heterocycles. The average molecular weight is 540 g/mol. The number of aryl methyl sites for hydroxylation is 1. The fourth-order valence-electron chi connectivity index (χ4n) is 5.19. The topological polar surface area (TPSA) is 79.2 Å². The molecule has 1 aliphatic heterocycles. The third kappa shape index (κ3) is 6.30. The van der Waals surface area contributed by atoms with Gasteiger partial charge in [-0.05, 0) is 56.2 Å². The zero-order valence-electron chi connectivity index (χ0n) is 21.9. The molecule has 2 aliphatic rings. The number of furan rings is 1. The summed E-state index contributed by atoms with van der Waals surface area (Å²) < 4.78 is 30.9. The van der Waals surface area contributed by atoms with Crippen molar-refractivity contribution in [2.75, 3.05) is 0 Å². The van der Waals surface area contributed by atoms with Crippen molar-refractivity contribution in [3.8, 4) is 0 Å². The Bertz CT molecular complexity index is 1230. The molecule has 1 N–H and O–H groups in total. The number of hydrogen-bond donors (Lipinski definition) is 1. The second-order valence-electron chi connectivity index (χ2n) is 10.6. The van der Waals surface area contributed by atoms with E-state index >= 15 is 0 Å². The number of hydrogen-bond acceptors (Lipinski definition) is 6. The Morgan fingerprint density at radius 3 is 2.58 bits per heavy atom. The van der Waals surface area contributed by atoms with Crippen LogP contribution in [0.2, 0.25) is 5.02 Å². The van der Waals surface area contributed by atoms with Crippen LogP contribution in [0.1, 0.15) is 49.1 Å². The number of nitrogens with one attached hydrogen (secondary N) is 1. The molecule has 3 aromatic rings. The highest BCUT2D eigenvalue weighted by molar-refractivity contribution is 6.30. The summed E-state index contributed by atoms with van der Waals surface area (Å²) in [6, 6.07) is 19.3. The van der Waals surface area contributed by atoms with E-state index in [2.05, 4.69) is 24.4 Å². The predicted octanol–water partition coefficient (Wildman–Crippen LogP) is 5.71. The molecule has 4 atom stereocenters. The van der Waals surface area contributed by atoms with Gasteiger partial charge in [0.25, 0.3) is 5.91 Å². The number of carbonyl (C=O) groups excluding carboxylic acids is 1. The van der Waals surface area contributed by atoms with Crippen LogP contribution in [0.25, 0.3) is 0 Å². The summed E-state index contributed by atoms with van der Waals surface area (Å²) >= 11 is 6.21. The van der Waals surface area contributed by atoms with Gasteiger partial charge in [-0.15, -0.1) is 0 Å². The minimum absolute atomic E-state index is 0.209. The molecule has 0 bridgehead atoms. The van der Waals surface area contributed by atoms with E-state index in [1.54, 1.807) is 12.3 Å². The number of benzene rings is 2. The molecule has 0 spiro atoms. The van der Waals surface area contributed by atoms with Gasteiger partial charge >= 0.3 is 0 Å². The van der Waals surface area contributed by atoms with Gasteiger partial charge in [-0.1, -0.05) is 53.6 Å². The highest BCUT2D eigenvalue weighted by atomic mass is 35.5. The number of carbonyl (C=O) groups is 1. The average Bonchev–Trinajstić information content (AvgIpc) is 3.52. The quantitative estimate of drug-likeness (QED) is 0.375. The first kappa shape index (κ1) is 26.9. The molecule has 1 unspecified atom stereocenters. The smallest absolute Gasteiger partial charge is 0.252 e. The van der Waals surface area contributed by atoms with Crippen molar-refractivity contribution in [1.82, 2.24) is 5.32 Å². The molecule has 2 aromatic carbocycles. The number of halogens is 1. The van der Waals surface area contributed by atoms with E-state index < -0.39 is 17.5 Å². The molecule has 202 valence electrons. The van der Waals surface area contributed by atoms with Crippen LogP contribution < -0.4 is 5.32 Å². The second-order valence-corrected chi connectivity index (χ2v) is 11.0. The van der Waals surface area contributed by atoms with Gasteiger partial charge in [0.05, 0.1) is 38.2 Å². The molecule has 2 heterocycles. The molecule has 1 amide bonds. The monoisotopic (exact) mass is 539 g/mol. The minimum Gasteiger partial charge on any atom is -0.467 e. The zero-order valence-corrected chi connectivity index (χ0v) is 22.7.